The van der Waals surface area contributed by atoms with Crippen LogP contribution in [-0.2, 0) is 11.3 Å². The van der Waals surface area contributed by atoms with Gasteiger partial charge in [0, 0.05) is 6.54 Å². The van der Waals surface area contributed by atoms with Gasteiger partial charge in [-0.15, -0.1) is 0 Å². The van der Waals surface area contributed by atoms with Crippen molar-refractivity contribution in [3.8, 4) is 5.75 Å². The molecule has 1 aliphatic rings. The van der Waals surface area contributed by atoms with Gasteiger partial charge in [0.15, 0.2) is 0 Å². The lowest BCUT2D eigenvalue weighted by atomic mass is 9.89. The average Bonchev–Trinajstić information content (AvgIpc) is 2.45. The second-order valence-corrected chi connectivity index (χ2v) is 5.79. The third-order valence-electron chi connectivity index (χ3n) is 3.87. The van der Waals surface area contributed by atoms with Gasteiger partial charge < -0.3 is 14.8 Å². The minimum atomic E-state index is 0.443. The van der Waals surface area contributed by atoms with Crippen LogP contribution in [0.5, 0.6) is 5.75 Å². The first-order valence-electron chi connectivity index (χ1n) is 7.76. The maximum atomic E-state index is 5.92. The zero-order valence-electron chi connectivity index (χ0n) is 12.7. The van der Waals surface area contributed by atoms with E-state index in [1.54, 1.807) is 0 Å². The van der Waals surface area contributed by atoms with E-state index in [9.17, 15) is 0 Å². The van der Waals surface area contributed by atoms with Gasteiger partial charge in [0.2, 0.25) is 0 Å². The van der Waals surface area contributed by atoms with Crippen molar-refractivity contribution in [2.24, 2.45) is 5.92 Å². The number of benzene rings is 1. The molecule has 1 saturated carbocycles. The Morgan fingerprint density at radius 1 is 1.25 bits per heavy atom. The Kier molecular flexibility index (Phi) is 6.34. The van der Waals surface area contributed by atoms with Crippen LogP contribution in [0.25, 0.3) is 0 Å². The van der Waals surface area contributed by atoms with Crippen molar-refractivity contribution in [1.29, 1.82) is 0 Å². The second-order valence-electron chi connectivity index (χ2n) is 5.79. The lowest BCUT2D eigenvalue weighted by Gasteiger charge is -2.26. The van der Waals surface area contributed by atoms with E-state index in [1.807, 2.05) is 19.2 Å². The van der Waals surface area contributed by atoms with E-state index in [-0.39, 0.29) is 0 Å². The normalized spacial score (nSPS) is 22.7. The molecule has 1 fully saturated rings. The van der Waals surface area contributed by atoms with Crippen LogP contribution in [0.2, 0.25) is 0 Å². The summed E-state index contributed by atoms with van der Waals surface area (Å²) in [5.41, 5.74) is 1.24. The Labute approximate surface area is 122 Å². The fourth-order valence-corrected chi connectivity index (χ4v) is 2.85. The van der Waals surface area contributed by atoms with Gasteiger partial charge in [0.05, 0.1) is 12.7 Å². The lowest BCUT2D eigenvalue weighted by Crippen LogP contribution is -2.23. The maximum absolute atomic E-state index is 5.92. The molecule has 0 bridgehead atoms. The minimum Gasteiger partial charge on any atom is -0.491 e. The zero-order valence-corrected chi connectivity index (χ0v) is 12.7. The summed E-state index contributed by atoms with van der Waals surface area (Å²) in [4.78, 5) is 0. The van der Waals surface area contributed by atoms with Crippen LogP contribution in [0, 0.1) is 5.92 Å². The molecule has 0 aromatic heterocycles. The average molecular weight is 277 g/mol. The van der Waals surface area contributed by atoms with Gasteiger partial charge in [0.1, 0.15) is 12.4 Å². The predicted molar refractivity (Wildman–Crippen MR) is 82.1 cm³/mol. The van der Waals surface area contributed by atoms with E-state index in [0.717, 1.165) is 18.2 Å². The van der Waals surface area contributed by atoms with Gasteiger partial charge in [-0.1, -0.05) is 31.9 Å². The quantitative estimate of drug-likeness (QED) is 0.775. The van der Waals surface area contributed by atoms with Crippen LogP contribution in [0.15, 0.2) is 24.3 Å². The molecule has 0 radical (unpaired) electrons. The molecule has 112 valence electrons. The van der Waals surface area contributed by atoms with Gasteiger partial charge in [-0.2, -0.15) is 0 Å². The topological polar surface area (TPSA) is 30.5 Å². The molecule has 1 aromatic carbocycles. The highest BCUT2D eigenvalue weighted by atomic mass is 16.5. The summed E-state index contributed by atoms with van der Waals surface area (Å²) in [5.74, 6) is 1.74. The Bertz CT molecular complexity index is 394. The number of rotatable bonds is 7. The molecule has 1 aliphatic carbocycles. The summed E-state index contributed by atoms with van der Waals surface area (Å²) in [6, 6.07) is 8.22. The zero-order chi connectivity index (χ0) is 14.2. The molecule has 2 unspecified atom stereocenters. The van der Waals surface area contributed by atoms with Crippen molar-refractivity contribution in [2.45, 2.75) is 45.3 Å². The van der Waals surface area contributed by atoms with E-state index in [2.05, 4.69) is 24.4 Å². The largest absolute Gasteiger partial charge is 0.491 e. The van der Waals surface area contributed by atoms with Gasteiger partial charge >= 0.3 is 0 Å². The van der Waals surface area contributed by atoms with Gasteiger partial charge in [-0.3, -0.25) is 0 Å². The fraction of sp³-hybridized carbons (Fsp3) is 0.647. The summed E-state index contributed by atoms with van der Waals surface area (Å²) in [7, 11) is 1.95. The van der Waals surface area contributed by atoms with Crippen molar-refractivity contribution in [3.05, 3.63) is 29.8 Å². The van der Waals surface area contributed by atoms with Crippen molar-refractivity contribution < 1.29 is 9.47 Å². The predicted octanol–water partition coefficient (Wildman–Crippen LogP) is 3.38. The van der Waals surface area contributed by atoms with Crippen LogP contribution in [0.3, 0.4) is 0 Å². The first-order valence-corrected chi connectivity index (χ1v) is 7.76. The van der Waals surface area contributed by atoms with E-state index in [1.165, 1.54) is 31.2 Å². The molecule has 0 saturated heterocycles. The highest BCUT2D eigenvalue weighted by molar-refractivity contribution is 5.28. The van der Waals surface area contributed by atoms with E-state index in [4.69, 9.17) is 9.47 Å². The molecule has 20 heavy (non-hydrogen) atoms. The Hall–Kier alpha value is -1.06. The Morgan fingerprint density at radius 3 is 2.95 bits per heavy atom. The van der Waals surface area contributed by atoms with Crippen LogP contribution < -0.4 is 10.1 Å². The number of hydrogen-bond donors (Lipinski definition) is 1. The highest BCUT2D eigenvalue weighted by Gasteiger charge is 2.18. The SMILES string of the molecule is CNCc1cccc(OCCOC2CCCC(C)C2)c1. The number of nitrogens with one attached hydrogen (secondary N) is 1. The monoisotopic (exact) mass is 277 g/mol. The Morgan fingerprint density at radius 2 is 2.15 bits per heavy atom. The van der Waals surface area contributed by atoms with E-state index < -0.39 is 0 Å². The highest BCUT2D eigenvalue weighted by Crippen LogP contribution is 2.25. The summed E-state index contributed by atoms with van der Waals surface area (Å²) >= 11 is 0. The summed E-state index contributed by atoms with van der Waals surface area (Å²) < 4.78 is 11.7. The van der Waals surface area contributed by atoms with Crippen molar-refractivity contribution in [3.63, 3.8) is 0 Å². The molecule has 0 amide bonds. The number of hydrogen-bond acceptors (Lipinski definition) is 3. The van der Waals surface area contributed by atoms with E-state index >= 15 is 0 Å². The second kappa shape index (κ2) is 8.28. The summed E-state index contributed by atoms with van der Waals surface area (Å²) in [5, 5.41) is 3.15. The summed E-state index contributed by atoms with van der Waals surface area (Å²) in [6.07, 6.45) is 5.52. The smallest absolute Gasteiger partial charge is 0.119 e. The van der Waals surface area contributed by atoms with Crippen LogP contribution in [0.1, 0.15) is 38.2 Å². The molecular formula is C17H27NO2. The van der Waals surface area contributed by atoms with Crippen LogP contribution >= 0.6 is 0 Å². The molecule has 1 aromatic rings. The van der Waals surface area contributed by atoms with Crippen molar-refractivity contribution in [1.82, 2.24) is 5.32 Å². The molecule has 0 aliphatic heterocycles. The van der Waals surface area contributed by atoms with Gasteiger partial charge in [-0.05, 0) is 43.5 Å². The van der Waals surface area contributed by atoms with Crippen molar-refractivity contribution >= 4 is 0 Å². The molecule has 3 heteroatoms. The molecule has 3 nitrogen and oxygen atoms in total. The molecular weight excluding hydrogens is 250 g/mol. The number of ether oxygens (including phenoxy) is 2. The maximum Gasteiger partial charge on any atom is 0.119 e. The third kappa shape index (κ3) is 5.14. The standard InChI is InChI=1S/C17H27NO2/c1-14-5-3-7-16(11-14)19-9-10-20-17-8-4-6-15(12-17)13-18-2/h4,6,8,12,14,16,18H,3,5,7,9-11,13H2,1-2H3. The third-order valence-corrected chi connectivity index (χ3v) is 3.87. The first-order chi connectivity index (χ1) is 9.78. The minimum absolute atomic E-state index is 0.443. The van der Waals surface area contributed by atoms with Crippen molar-refractivity contribution in [2.75, 3.05) is 20.3 Å². The van der Waals surface area contributed by atoms with Crippen LogP contribution in [0.4, 0.5) is 0 Å². The molecule has 2 atom stereocenters. The van der Waals surface area contributed by atoms with Crippen LogP contribution in [-0.4, -0.2) is 26.4 Å². The lowest BCUT2D eigenvalue weighted by molar-refractivity contribution is 0.00196. The van der Waals surface area contributed by atoms with Gasteiger partial charge in [0.25, 0.3) is 0 Å². The van der Waals surface area contributed by atoms with E-state index in [0.29, 0.717) is 19.3 Å². The summed E-state index contributed by atoms with van der Waals surface area (Å²) in [6.45, 7) is 4.51. The molecule has 1 N–H and O–H groups in total. The Balaban J connectivity index is 1.66. The fourth-order valence-electron chi connectivity index (χ4n) is 2.85. The van der Waals surface area contributed by atoms with Gasteiger partial charge in [-0.25, -0.2) is 0 Å². The molecule has 0 spiro atoms. The first kappa shape index (κ1) is 15.3. The molecule has 2 rings (SSSR count). The molecule has 0 heterocycles.